The largest absolute Gasteiger partial charge is 0.491 e. The number of nitrogens with zero attached hydrogens (tertiary/aromatic N) is 1. The molecule has 2 rings (SSSR count). The smallest absolute Gasteiger partial charge is 0.127 e. The normalized spacial score (nSPS) is 11.3. The second-order valence-corrected chi connectivity index (χ2v) is 5.58. The van der Waals surface area contributed by atoms with Crippen LogP contribution < -0.4 is 4.74 Å². The van der Waals surface area contributed by atoms with Crippen LogP contribution in [-0.2, 0) is 4.74 Å². The molecule has 0 aromatic heterocycles. The number of ether oxygens (including phenoxy) is 2. The van der Waals surface area contributed by atoms with Gasteiger partial charge in [-0.15, -0.1) is 0 Å². The van der Waals surface area contributed by atoms with Crippen molar-refractivity contribution in [3.63, 3.8) is 0 Å². The minimum atomic E-state index is -0.157. The number of hydrogen-bond acceptors (Lipinski definition) is 3. The van der Waals surface area contributed by atoms with Gasteiger partial charge in [0, 0.05) is 10.8 Å². The summed E-state index contributed by atoms with van der Waals surface area (Å²) in [6.07, 6.45) is 0. The molecule has 0 amide bonds. The van der Waals surface area contributed by atoms with E-state index in [-0.39, 0.29) is 5.60 Å². The average molecular weight is 269 g/mol. The van der Waals surface area contributed by atoms with Gasteiger partial charge >= 0.3 is 0 Å². The molecule has 0 bridgehead atoms. The molecule has 20 heavy (non-hydrogen) atoms. The fourth-order valence-electron chi connectivity index (χ4n) is 1.99. The van der Waals surface area contributed by atoms with E-state index in [1.54, 1.807) is 6.07 Å². The minimum Gasteiger partial charge on any atom is -0.491 e. The molecule has 2 aromatic carbocycles. The zero-order chi connectivity index (χ0) is 14.6. The van der Waals surface area contributed by atoms with Gasteiger partial charge in [-0.2, -0.15) is 5.26 Å². The van der Waals surface area contributed by atoms with Crippen LogP contribution in [0.2, 0.25) is 0 Å². The Hall–Kier alpha value is -2.05. The van der Waals surface area contributed by atoms with Crippen molar-refractivity contribution in [2.45, 2.75) is 26.4 Å². The van der Waals surface area contributed by atoms with Crippen LogP contribution in [-0.4, -0.2) is 18.8 Å². The number of benzene rings is 2. The Kier molecular flexibility index (Phi) is 4.26. The van der Waals surface area contributed by atoms with E-state index < -0.39 is 0 Å². The molecule has 0 spiro atoms. The van der Waals surface area contributed by atoms with Crippen molar-refractivity contribution in [1.82, 2.24) is 0 Å². The second-order valence-electron chi connectivity index (χ2n) is 5.58. The SMILES string of the molecule is CC(C)(C)OCCOc1ccc(C#N)c2ccccc12. The quantitative estimate of drug-likeness (QED) is 0.790. The summed E-state index contributed by atoms with van der Waals surface area (Å²) in [7, 11) is 0. The highest BCUT2D eigenvalue weighted by Crippen LogP contribution is 2.28. The van der Waals surface area contributed by atoms with Gasteiger partial charge in [-0.3, -0.25) is 0 Å². The average Bonchev–Trinajstić information content (AvgIpc) is 2.42. The van der Waals surface area contributed by atoms with Crippen LogP contribution in [0.25, 0.3) is 10.8 Å². The second kappa shape index (κ2) is 5.94. The Bertz CT molecular complexity index is 635. The topological polar surface area (TPSA) is 42.2 Å². The monoisotopic (exact) mass is 269 g/mol. The molecule has 0 saturated carbocycles. The van der Waals surface area contributed by atoms with E-state index >= 15 is 0 Å². The lowest BCUT2D eigenvalue weighted by molar-refractivity contribution is -0.0161. The van der Waals surface area contributed by atoms with Gasteiger partial charge in [-0.05, 0) is 32.9 Å². The number of hydrogen-bond donors (Lipinski definition) is 0. The summed E-state index contributed by atoms with van der Waals surface area (Å²) in [6, 6.07) is 13.6. The molecule has 0 saturated heterocycles. The summed E-state index contributed by atoms with van der Waals surface area (Å²) in [6.45, 7) is 7.09. The zero-order valence-corrected chi connectivity index (χ0v) is 12.1. The third-order valence-corrected chi connectivity index (χ3v) is 2.88. The predicted octanol–water partition coefficient (Wildman–Crippen LogP) is 3.91. The van der Waals surface area contributed by atoms with Crippen LogP contribution in [0.1, 0.15) is 26.3 Å². The van der Waals surface area contributed by atoms with Crippen molar-refractivity contribution in [2.75, 3.05) is 13.2 Å². The third-order valence-electron chi connectivity index (χ3n) is 2.88. The van der Waals surface area contributed by atoms with Gasteiger partial charge in [0.25, 0.3) is 0 Å². The molecule has 0 radical (unpaired) electrons. The molecule has 2 aromatic rings. The van der Waals surface area contributed by atoms with Crippen LogP contribution in [0, 0.1) is 11.3 Å². The number of nitriles is 1. The van der Waals surface area contributed by atoms with Crippen molar-refractivity contribution in [2.24, 2.45) is 0 Å². The van der Waals surface area contributed by atoms with E-state index in [9.17, 15) is 0 Å². The maximum Gasteiger partial charge on any atom is 0.127 e. The van der Waals surface area contributed by atoms with Crippen LogP contribution in [0.3, 0.4) is 0 Å². The molecule has 0 atom stereocenters. The van der Waals surface area contributed by atoms with Crippen molar-refractivity contribution in [1.29, 1.82) is 5.26 Å². The highest BCUT2D eigenvalue weighted by atomic mass is 16.5. The first-order valence-corrected chi connectivity index (χ1v) is 6.70. The van der Waals surface area contributed by atoms with Crippen molar-refractivity contribution >= 4 is 10.8 Å². The lowest BCUT2D eigenvalue weighted by Gasteiger charge is -2.19. The molecule has 0 N–H and O–H groups in total. The maximum absolute atomic E-state index is 9.12. The van der Waals surface area contributed by atoms with Gasteiger partial charge in [0.2, 0.25) is 0 Å². The number of rotatable bonds is 4. The van der Waals surface area contributed by atoms with Gasteiger partial charge in [-0.1, -0.05) is 24.3 Å². The Morgan fingerprint density at radius 3 is 2.35 bits per heavy atom. The van der Waals surface area contributed by atoms with Crippen LogP contribution in [0.15, 0.2) is 36.4 Å². The lowest BCUT2D eigenvalue weighted by Crippen LogP contribution is -2.22. The van der Waals surface area contributed by atoms with Crippen molar-refractivity contribution in [3.8, 4) is 11.8 Å². The zero-order valence-electron chi connectivity index (χ0n) is 12.1. The molecule has 3 nitrogen and oxygen atoms in total. The minimum absolute atomic E-state index is 0.157. The van der Waals surface area contributed by atoms with E-state index in [2.05, 4.69) is 6.07 Å². The van der Waals surface area contributed by atoms with Gasteiger partial charge in [0.05, 0.1) is 23.8 Å². The summed E-state index contributed by atoms with van der Waals surface area (Å²) < 4.78 is 11.4. The van der Waals surface area contributed by atoms with E-state index in [4.69, 9.17) is 14.7 Å². The Balaban J connectivity index is 2.14. The first kappa shape index (κ1) is 14.4. The summed E-state index contributed by atoms with van der Waals surface area (Å²) >= 11 is 0. The van der Waals surface area contributed by atoms with Crippen molar-refractivity contribution in [3.05, 3.63) is 42.0 Å². The standard InChI is InChI=1S/C17H19NO2/c1-17(2,3)20-11-10-19-16-9-8-13(12-18)14-6-4-5-7-15(14)16/h4-9H,10-11H2,1-3H3. The molecule has 3 heteroatoms. The van der Waals surface area contributed by atoms with Crippen LogP contribution in [0.5, 0.6) is 5.75 Å². The summed E-state index contributed by atoms with van der Waals surface area (Å²) in [5.41, 5.74) is 0.509. The van der Waals surface area contributed by atoms with Crippen molar-refractivity contribution < 1.29 is 9.47 Å². The van der Waals surface area contributed by atoms with E-state index in [0.29, 0.717) is 18.8 Å². The first-order chi connectivity index (χ1) is 9.51. The van der Waals surface area contributed by atoms with Gasteiger partial charge in [0.15, 0.2) is 0 Å². The highest BCUT2D eigenvalue weighted by molar-refractivity contribution is 5.92. The van der Waals surface area contributed by atoms with Gasteiger partial charge in [0.1, 0.15) is 12.4 Å². The molecular weight excluding hydrogens is 250 g/mol. The fraction of sp³-hybridized carbons (Fsp3) is 0.353. The number of fused-ring (bicyclic) bond motifs is 1. The van der Waals surface area contributed by atoms with Crippen LogP contribution in [0.4, 0.5) is 0 Å². The first-order valence-electron chi connectivity index (χ1n) is 6.70. The summed E-state index contributed by atoms with van der Waals surface area (Å²) in [5.74, 6) is 0.789. The molecular formula is C17H19NO2. The van der Waals surface area contributed by atoms with E-state index in [1.807, 2.05) is 51.1 Å². The molecule has 0 aliphatic rings. The molecule has 0 fully saturated rings. The van der Waals surface area contributed by atoms with E-state index in [0.717, 1.165) is 16.5 Å². The van der Waals surface area contributed by atoms with Crippen LogP contribution >= 0.6 is 0 Å². The molecule has 0 heterocycles. The third kappa shape index (κ3) is 3.49. The molecule has 104 valence electrons. The Morgan fingerprint density at radius 2 is 1.70 bits per heavy atom. The maximum atomic E-state index is 9.12. The van der Waals surface area contributed by atoms with Gasteiger partial charge in [-0.25, -0.2) is 0 Å². The van der Waals surface area contributed by atoms with E-state index in [1.165, 1.54) is 0 Å². The fourth-order valence-corrected chi connectivity index (χ4v) is 1.99. The lowest BCUT2D eigenvalue weighted by atomic mass is 10.0. The Labute approximate surface area is 119 Å². The molecule has 0 aliphatic carbocycles. The predicted molar refractivity (Wildman–Crippen MR) is 79.9 cm³/mol. The Morgan fingerprint density at radius 1 is 1.00 bits per heavy atom. The summed E-state index contributed by atoms with van der Waals surface area (Å²) in [5, 5.41) is 11.0. The molecule has 0 aliphatic heterocycles. The van der Waals surface area contributed by atoms with Gasteiger partial charge < -0.3 is 9.47 Å². The molecule has 0 unspecified atom stereocenters. The summed E-state index contributed by atoms with van der Waals surface area (Å²) in [4.78, 5) is 0. The highest BCUT2D eigenvalue weighted by Gasteiger charge is 2.10.